The molecule has 1 rings (SSSR count). The summed E-state index contributed by atoms with van der Waals surface area (Å²) in [6.07, 6.45) is -0.601. The number of hydrogen-bond acceptors (Lipinski definition) is 3. The van der Waals surface area contributed by atoms with Gasteiger partial charge in [-0.2, -0.15) is 0 Å². The van der Waals surface area contributed by atoms with E-state index in [2.05, 4.69) is 0 Å². The summed E-state index contributed by atoms with van der Waals surface area (Å²) in [4.78, 5) is 23.8. The molecule has 0 unspecified atom stereocenters. The van der Waals surface area contributed by atoms with E-state index in [4.69, 9.17) is 33.0 Å². The molecule has 0 aromatic heterocycles. The summed E-state index contributed by atoms with van der Waals surface area (Å²) < 4.78 is 5.16. The highest BCUT2D eigenvalue weighted by atomic mass is 35.5. The zero-order valence-electron chi connectivity index (χ0n) is 10.7. The lowest BCUT2D eigenvalue weighted by molar-refractivity contribution is -0.136. The Morgan fingerprint density at radius 2 is 1.65 bits per heavy atom. The average Bonchev–Trinajstić information content (AvgIpc) is 2.40. The van der Waals surface area contributed by atoms with Crippen molar-refractivity contribution in [2.24, 2.45) is 0 Å². The Hall–Kier alpha value is -1.46. The summed E-state index contributed by atoms with van der Waals surface area (Å²) in [5.41, 5.74) is 0.635. The summed E-state index contributed by atoms with van der Waals surface area (Å²) in [6, 6.07) is 6.31. The van der Waals surface area contributed by atoms with Gasteiger partial charge in [-0.15, -0.1) is 23.2 Å². The van der Waals surface area contributed by atoms with Crippen LogP contribution in [0.3, 0.4) is 0 Å². The van der Waals surface area contributed by atoms with E-state index in [0.717, 1.165) is 0 Å². The molecule has 1 amide bonds. The van der Waals surface area contributed by atoms with Crippen LogP contribution in [-0.4, -0.2) is 46.9 Å². The van der Waals surface area contributed by atoms with Crippen molar-refractivity contribution >= 4 is 35.3 Å². The van der Waals surface area contributed by atoms with Gasteiger partial charge in [0, 0.05) is 24.8 Å². The van der Waals surface area contributed by atoms with Gasteiger partial charge < -0.3 is 14.7 Å². The van der Waals surface area contributed by atoms with E-state index in [1.54, 1.807) is 24.3 Å². The molecule has 1 N–H and O–H groups in total. The van der Waals surface area contributed by atoms with Gasteiger partial charge in [0.25, 0.3) is 0 Å². The molecule has 0 saturated heterocycles. The quantitative estimate of drug-likeness (QED) is 0.784. The smallest absolute Gasteiger partial charge is 0.415 e. The second-order valence-corrected chi connectivity index (χ2v) is 4.70. The number of ether oxygens (including phenoxy) is 1. The molecule has 20 heavy (non-hydrogen) atoms. The topological polar surface area (TPSA) is 66.8 Å². The van der Waals surface area contributed by atoms with E-state index < -0.39 is 12.1 Å². The van der Waals surface area contributed by atoms with Gasteiger partial charge in [-0.05, 0) is 17.7 Å². The number of rotatable bonds is 7. The van der Waals surface area contributed by atoms with E-state index in [9.17, 15) is 9.59 Å². The van der Waals surface area contributed by atoms with E-state index >= 15 is 0 Å². The molecule has 5 nitrogen and oxygen atoms in total. The van der Waals surface area contributed by atoms with Gasteiger partial charge in [-0.1, -0.05) is 12.1 Å². The van der Waals surface area contributed by atoms with Gasteiger partial charge in [0.2, 0.25) is 0 Å². The summed E-state index contributed by atoms with van der Waals surface area (Å²) >= 11 is 11.2. The molecule has 0 heterocycles. The summed E-state index contributed by atoms with van der Waals surface area (Å²) in [5.74, 6) is 0.0241. The molecule has 7 heteroatoms. The minimum atomic E-state index is -0.912. The third-order valence-electron chi connectivity index (χ3n) is 2.45. The zero-order valence-corrected chi connectivity index (χ0v) is 12.2. The Balaban J connectivity index is 2.62. The van der Waals surface area contributed by atoms with Crippen molar-refractivity contribution in [2.75, 3.05) is 24.8 Å². The van der Waals surface area contributed by atoms with Crippen LogP contribution in [0.25, 0.3) is 0 Å². The van der Waals surface area contributed by atoms with E-state index in [1.165, 1.54) is 4.90 Å². The lowest BCUT2D eigenvalue weighted by atomic mass is 10.1. The number of hydrogen-bond donors (Lipinski definition) is 1. The van der Waals surface area contributed by atoms with Crippen LogP contribution in [0.15, 0.2) is 24.3 Å². The second-order valence-electron chi connectivity index (χ2n) is 3.95. The SMILES string of the molecule is O=C(O)Cc1ccc(OC(=O)N(CCCl)CCCl)cc1. The number of carbonyl (C=O) groups excluding carboxylic acids is 1. The van der Waals surface area contributed by atoms with Crippen LogP contribution < -0.4 is 4.74 Å². The van der Waals surface area contributed by atoms with Crippen LogP contribution in [0, 0.1) is 0 Å². The van der Waals surface area contributed by atoms with Crippen LogP contribution in [0.1, 0.15) is 5.56 Å². The van der Waals surface area contributed by atoms with Gasteiger partial charge in [-0.25, -0.2) is 4.79 Å². The molecule has 0 aliphatic carbocycles. The minimum Gasteiger partial charge on any atom is -0.481 e. The normalized spacial score (nSPS) is 10.1. The highest BCUT2D eigenvalue weighted by Crippen LogP contribution is 2.14. The van der Waals surface area contributed by atoms with Crippen LogP contribution in [0.5, 0.6) is 5.75 Å². The van der Waals surface area contributed by atoms with E-state index in [1.807, 2.05) is 0 Å². The predicted molar refractivity (Wildman–Crippen MR) is 76.8 cm³/mol. The highest BCUT2D eigenvalue weighted by molar-refractivity contribution is 6.18. The number of aliphatic carboxylic acids is 1. The Morgan fingerprint density at radius 1 is 1.10 bits per heavy atom. The second kappa shape index (κ2) is 8.66. The number of carbonyl (C=O) groups is 2. The van der Waals surface area contributed by atoms with E-state index in [0.29, 0.717) is 36.2 Å². The number of nitrogens with zero attached hydrogens (tertiary/aromatic N) is 1. The van der Waals surface area contributed by atoms with Gasteiger partial charge in [-0.3, -0.25) is 4.79 Å². The monoisotopic (exact) mass is 319 g/mol. The van der Waals surface area contributed by atoms with Gasteiger partial charge in [0.15, 0.2) is 0 Å². The van der Waals surface area contributed by atoms with Gasteiger partial charge in [0.05, 0.1) is 6.42 Å². The first-order valence-corrected chi connectivity index (χ1v) is 7.03. The fourth-order valence-electron chi connectivity index (χ4n) is 1.51. The molecule has 0 atom stereocenters. The fourth-order valence-corrected chi connectivity index (χ4v) is 1.92. The first kappa shape index (κ1) is 16.6. The first-order valence-electron chi connectivity index (χ1n) is 5.96. The number of halogens is 2. The summed E-state index contributed by atoms with van der Waals surface area (Å²) in [5, 5.41) is 8.66. The molecule has 0 spiro atoms. The third-order valence-corrected chi connectivity index (χ3v) is 2.79. The number of alkyl halides is 2. The standard InChI is InChI=1S/C13H15Cl2NO4/c14-5-7-16(8-6-15)13(19)20-11-3-1-10(2-4-11)9-12(17)18/h1-4H,5-9H2,(H,17,18). The molecule has 1 aromatic rings. The van der Waals surface area contributed by atoms with Crippen molar-refractivity contribution < 1.29 is 19.4 Å². The maximum Gasteiger partial charge on any atom is 0.415 e. The van der Waals surface area contributed by atoms with Crippen LogP contribution in [0.4, 0.5) is 4.79 Å². The molecule has 0 aliphatic rings. The van der Waals surface area contributed by atoms with Crippen LogP contribution >= 0.6 is 23.2 Å². The number of amides is 1. The van der Waals surface area contributed by atoms with Crippen molar-refractivity contribution in [3.8, 4) is 5.75 Å². The van der Waals surface area contributed by atoms with Crippen molar-refractivity contribution in [1.29, 1.82) is 0 Å². The highest BCUT2D eigenvalue weighted by Gasteiger charge is 2.14. The Kier molecular flexibility index (Phi) is 7.18. The fraction of sp³-hybridized carbons (Fsp3) is 0.385. The van der Waals surface area contributed by atoms with Crippen LogP contribution in [-0.2, 0) is 11.2 Å². The Bertz CT molecular complexity index is 444. The molecule has 0 fully saturated rings. The lowest BCUT2D eigenvalue weighted by Crippen LogP contribution is -2.36. The molecular weight excluding hydrogens is 305 g/mol. The van der Waals surface area contributed by atoms with Crippen molar-refractivity contribution in [1.82, 2.24) is 4.90 Å². The Labute approximate surface area is 127 Å². The number of carboxylic acids is 1. The largest absolute Gasteiger partial charge is 0.481 e. The lowest BCUT2D eigenvalue weighted by Gasteiger charge is -2.19. The molecule has 1 aromatic carbocycles. The maximum absolute atomic E-state index is 11.8. The molecule has 0 radical (unpaired) electrons. The van der Waals surface area contributed by atoms with Gasteiger partial charge >= 0.3 is 12.1 Å². The third kappa shape index (κ3) is 5.67. The predicted octanol–water partition coefficient (Wildman–Crippen LogP) is 2.59. The number of benzene rings is 1. The summed E-state index contributed by atoms with van der Waals surface area (Å²) in [7, 11) is 0. The van der Waals surface area contributed by atoms with Crippen molar-refractivity contribution in [3.63, 3.8) is 0 Å². The number of carboxylic acid groups (broad SMARTS) is 1. The average molecular weight is 320 g/mol. The van der Waals surface area contributed by atoms with Crippen molar-refractivity contribution in [2.45, 2.75) is 6.42 Å². The molecule has 0 bridgehead atoms. The van der Waals surface area contributed by atoms with Gasteiger partial charge in [0.1, 0.15) is 5.75 Å². The van der Waals surface area contributed by atoms with Crippen molar-refractivity contribution in [3.05, 3.63) is 29.8 Å². The summed E-state index contributed by atoms with van der Waals surface area (Å²) in [6.45, 7) is 0.703. The maximum atomic E-state index is 11.8. The molecule has 0 aliphatic heterocycles. The van der Waals surface area contributed by atoms with Crippen LogP contribution in [0.2, 0.25) is 0 Å². The van der Waals surface area contributed by atoms with E-state index in [-0.39, 0.29) is 6.42 Å². The zero-order chi connectivity index (χ0) is 15.0. The Morgan fingerprint density at radius 3 is 2.10 bits per heavy atom. The minimum absolute atomic E-state index is 0.0706. The molecular formula is C13H15Cl2NO4. The molecule has 0 saturated carbocycles. The first-order chi connectivity index (χ1) is 9.56. The molecule has 110 valence electrons.